The fraction of sp³-hybridized carbons (Fsp3) is 0.609. The molecule has 0 aliphatic rings. The second-order valence-corrected chi connectivity index (χ2v) is 7.85. The average Bonchev–Trinajstić information content (AvgIpc) is 2.78. The topological polar surface area (TPSA) is 165 Å². The Kier molecular flexibility index (Phi) is 14.7. The molecule has 180 valence electrons. The Morgan fingerprint density at radius 2 is 1.28 bits per heavy atom. The van der Waals surface area contributed by atoms with Gasteiger partial charge in [-0.1, -0.05) is 30.3 Å². The minimum absolute atomic E-state index is 0.182. The van der Waals surface area contributed by atoms with Crippen LogP contribution in [0.1, 0.15) is 50.5 Å². The van der Waals surface area contributed by atoms with Gasteiger partial charge in [-0.05, 0) is 70.1 Å². The van der Waals surface area contributed by atoms with Gasteiger partial charge in [0, 0.05) is 6.54 Å². The predicted octanol–water partition coefficient (Wildman–Crippen LogP) is -0.0783. The van der Waals surface area contributed by atoms with E-state index in [1.165, 1.54) is 0 Å². The molecule has 3 amide bonds. The molecule has 0 aromatic heterocycles. The molecule has 0 spiro atoms. The summed E-state index contributed by atoms with van der Waals surface area (Å²) in [5, 5.41) is 8.47. The molecule has 0 saturated heterocycles. The first-order valence-electron chi connectivity index (χ1n) is 11.5. The Morgan fingerprint density at radius 1 is 0.719 bits per heavy atom. The lowest BCUT2D eigenvalue weighted by molar-refractivity contribution is -0.132. The average molecular weight is 449 g/mol. The van der Waals surface area contributed by atoms with E-state index >= 15 is 0 Å². The van der Waals surface area contributed by atoms with Crippen molar-refractivity contribution in [2.24, 2.45) is 17.2 Å². The number of unbranched alkanes of at least 4 members (excludes halogenated alkanes) is 2. The number of carbonyl (C=O) groups is 3. The molecule has 0 aliphatic heterocycles. The third-order valence-corrected chi connectivity index (χ3v) is 5.07. The molecule has 9 heteroatoms. The number of carbonyl (C=O) groups excluding carboxylic acids is 3. The highest BCUT2D eigenvalue weighted by molar-refractivity contribution is 5.92. The predicted molar refractivity (Wildman–Crippen MR) is 126 cm³/mol. The summed E-state index contributed by atoms with van der Waals surface area (Å²) < 4.78 is 0. The van der Waals surface area contributed by atoms with Crippen LogP contribution in [0.4, 0.5) is 0 Å². The van der Waals surface area contributed by atoms with Gasteiger partial charge in [0.05, 0.1) is 6.42 Å². The minimum Gasteiger partial charge on any atom is -0.354 e. The summed E-state index contributed by atoms with van der Waals surface area (Å²) in [6.45, 7) is 1.96. The van der Waals surface area contributed by atoms with Crippen molar-refractivity contribution in [3.63, 3.8) is 0 Å². The van der Waals surface area contributed by atoms with Gasteiger partial charge in [-0.15, -0.1) is 0 Å². The second kappa shape index (κ2) is 17.1. The molecule has 1 rings (SSSR count). The number of hydrogen-bond donors (Lipinski definition) is 6. The molecule has 0 aliphatic carbocycles. The van der Waals surface area contributed by atoms with Crippen LogP contribution < -0.4 is 33.2 Å². The molecule has 1 aromatic rings. The molecule has 0 unspecified atom stereocenters. The maximum Gasteiger partial charge on any atom is 0.243 e. The molecule has 0 saturated carbocycles. The third kappa shape index (κ3) is 11.8. The van der Waals surface area contributed by atoms with Gasteiger partial charge in [-0.2, -0.15) is 0 Å². The molecule has 0 radical (unpaired) electrons. The molecule has 9 N–H and O–H groups in total. The lowest BCUT2D eigenvalue weighted by atomic mass is 10.0. The summed E-state index contributed by atoms with van der Waals surface area (Å²) in [6.07, 6.45) is 4.69. The summed E-state index contributed by atoms with van der Waals surface area (Å²) in [6, 6.07) is 7.92. The van der Waals surface area contributed by atoms with Crippen molar-refractivity contribution in [3.05, 3.63) is 35.9 Å². The quantitative estimate of drug-likeness (QED) is 0.182. The highest BCUT2D eigenvalue weighted by Crippen LogP contribution is 2.07. The highest BCUT2D eigenvalue weighted by atomic mass is 16.2. The summed E-state index contributed by atoms with van der Waals surface area (Å²) in [5.41, 5.74) is 17.5. The molecular formula is C23H40N6O3. The van der Waals surface area contributed by atoms with Crippen molar-refractivity contribution in [3.8, 4) is 0 Å². The minimum atomic E-state index is -0.730. The fourth-order valence-electron chi connectivity index (χ4n) is 3.26. The smallest absolute Gasteiger partial charge is 0.243 e. The standard InChI is InChI=1S/C23H40N6O3/c24-13-6-4-11-19(22(31)27-16-8-15-26)29-23(32)20(12-5-7-14-25)28-21(30)17-18-9-2-1-3-10-18/h1-3,9-10,19-20H,4-8,11-17,24-26H2,(H,27,31)(H,28,30)(H,29,32)/t19-,20-/m0/s1. The lowest BCUT2D eigenvalue weighted by Crippen LogP contribution is -2.54. The van der Waals surface area contributed by atoms with Crippen molar-refractivity contribution < 1.29 is 14.4 Å². The van der Waals surface area contributed by atoms with Crippen molar-refractivity contribution >= 4 is 17.7 Å². The van der Waals surface area contributed by atoms with Crippen LogP contribution in [0.3, 0.4) is 0 Å². The van der Waals surface area contributed by atoms with Crippen LogP contribution in [0.15, 0.2) is 30.3 Å². The van der Waals surface area contributed by atoms with Crippen LogP contribution in [0, 0.1) is 0 Å². The van der Waals surface area contributed by atoms with E-state index in [1.807, 2.05) is 30.3 Å². The number of nitrogens with two attached hydrogens (primary N) is 3. The molecule has 1 aromatic carbocycles. The van der Waals surface area contributed by atoms with Gasteiger partial charge in [0.1, 0.15) is 12.1 Å². The van der Waals surface area contributed by atoms with Gasteiger partial charge in [-0.3, -0.25) is 14.4 Å². The highest BCUT2D eigenvalue weighted by Gasteiger charge is 2.26. The second-order valence-electron chi connectivity index (χ2n) is 7.85. The van der Waals surface area contributed by atoms with Crippen LogP contribution in [0.2, 0.25) is 0 Å². The maximum absolute atomic E-state index is 13.0. The normalized spacial score (nSPS) is 12.6. The Morgan fingerprint density at radius 3 is 1.84 bits per heavy atom. The largest absolute Gasteiger partial charge is 0.354 e. The van der Waals surface area contributed by atoms with E-state index in [0.29, 0.717) is 58.3 Å². The van der Waals surface area contributed by atoms with E-state index < -0.39 is 12.1 Å². The summed E-state index contributed by atoms with van der Waals surface area (Å²) in [4.78, 5) is 38.2. The van der Waals surface area contributed by atoms with Gasteiger partial charge in [0.15, 0.2) is 0 Å². The van der Waals surface area contributed by atoms with E-state index in [9.17, 15) is 14.4 Å². The number of hydrogen-bond acceptors (Lipinski definition) is 6. The molecule has 0 heterocycles. The van der Waals surface area contributed by atoms with Crippen LogP contribution >= 0.6 is 0 Å². The molecular weight excluding hydrogens is 408 g/mol. The Hall–Kier alpha value is -2.49. The first kappa shape index (κ1) is 27.5. The van der Waals surface area contributed by atoms with Crippen LogP contribution in [0.5, 0.6) is 0 Å². The lowest BCUT2D eigenvalue weighted by Gasteiger charge is -2.23. The van der Waals surface area contributed by atoms with Gasteiger partial charge in [-0.25, -0.2) is 0 Å². The zero-order valence-corrected chi connectivity index (χ0v) is 19.0. The number of nitrogens with one attached hydrogen (secondary N) is 3. The van der Waals surface area contributed by atoms with Crippen LogP contribution in [-0.4, -0.2) is 56.0 Å². The SMILES string of the molecule is NCCCC[C@H](NC(=O)Cc1ccccc1)C(=O)N[C@@H](CCCCN)C(=O)NCCCN. The zero-order chi connectivity index (χ0) is 23.6. The van der Waals surface area contributed by atoms with Gasteiger partial charge < -0.3 is 33.2 Å². The first-order valence-corrected chi connectivity index (χ1v) is 11.5. The molecule has 0 fully saturated rings. The van der Waals surface area contributed by atoms with Crippen LogP contribution in [0.25, 0.3) is 0 Å². The first-order chi connectivity index (χ1) is 15.5. The van der Waals surface area contributed by atoms with Crippen molar-refractivity contribution in [2.45, 2.75) is 63.5 Å². The Labute approximate surface area is 191 Å². The third-order valence-electron chi connectivity index (χ3n) is 5.07. The molecule has 0 bridgehead atoms. The van der Waals surface area contributed by atoms with E-state index in [0.717, 1.165) is 18.4 Å². The van der Waals surface area contributed by atoms with Crippen molar-refractivity contribution in [1.82, 2.24) is 16.0 Å². The van der Waals surface area contributed by atoms with Gasteiger partial charge >= 0.3 is 0 Å². The summed E-state index contributed by atoms with van der Waals surface area (Å²) >= 11 is 0. The van der Waals surface area contributed by atoms with E-state index in [2.05, 4.69) is 16.0 Å². The van der Waals surface area contributed by atoms with E-state index in [4.69, 9.17) is 17.2 Å². The van der Waals surface area contributed by atoms with Crippen LogP contribution in [-0.2, 0) is 20.8 Å². The summed E-state index contributed by atoms with van der Waals surface area (Å²) in [7, 11) is 0. The van der Waals surface area contributed by atoms with E-state index in [-0.39, 0.29) is 24.1 Å². The molecule has 2 atom stereocenters. The Bertz CT molecular complexity index is 671. The number of benzene rings is 1. The van der Waals surface area contributed by atoms with E-state index in [1.54, 1.807) is 0 Å². The van der Waals surface area contributed by atoms with Crippen molar-refractivity contribution in [1.29, 1.82) is 0 Å². The van der Waals surface area contributed by atoms with Gasteiger partial charge in [0.2, 0.25) is 17.7 Å². The van der Waals surface area contributed by atoms with Crippen molar-refractivity contribution in [2.75, 3.05) is 26.2 Å². The number of amides is 3. The maximum atomic E-state index is 13.0. The monoisotopic (exact) mass is 448 g/mol. The fourth-order valence-corrected chi connectivity index (χ4v) is 3.26. The Balaban J connectivity index is 2.78. The zero-order valence-electron chi connectivity index (χ0n) is 19.0. The molecule has 32 heavy (non-hydrogen) atoms. The van der Waals surface area contributed by atoms with Gasteiger partial charge in [0.25, 0.3) is 0 Å². The summed E-state index contributed by atoms with van der Waals surface area (Å²) in [5.74, 6) is -0.855. The number of rotatable bonds is 17. The molecule has 9 nitrogen and oxygen atoms in total.